The van der Waals surface area contributed by atoms with E-state index in [1.807, 2.05) is 6.07 Å². The topological polar surface area (TPSA) is 108 Å². The molecule has 37 heavy (non-hydrogen) atoms. The predicted octanol–water partition coefficient (Wildman–Crippen LogP) is 3.91. The van der Waals surface area contributed by atoms with Crippen LogP contribution >= 0.6 is 0 Å². The van der Waals surface area contributed by atoms with Crippen molar-refractivity contribution in [1.29, 1.82) is 0 Å². The van der Waals surface area contributed by atoms with E-state index in [-0.39, 0.29) is 28.9 Å². The number of nitrogens with one attached hydrogen (secondary N) is 2. The Morgan fingerprint density at radius 2 is 1.95 bits per heavy atom. The number of hydrogen-bond acceptors (Lipinski definition) is 6. The molecule has 2 aromatic carbocycles. The first-order valence-electron chi connectivity index (χ1n) is 11.5. The average Bonchev–Trinajstić information content (AvgIpc) is 3.18. The summed E-state index contributed by atoms with van der Waals surface area (Å²) in [6, 6.07) is 11.3. The summed E-state index contributed by atoms with van der Waals surface area (Å²) in [4.78, 5) is -0.159. The first-order chi connectivity index (χ1) is 17.5. The quantitative estimate of drug-likeness (QED) is 0.395. The van der Waals surface area contributed by atoms with Gasteiger partial charge in [-0.3, -0.25) is 0 Å². The van der Waals surface area contributed by atoms with Gasteiger partial charge in [-0.2, -0.15) is 13.2 Å². The highest BCUT2D eigenvalue weighted by Crippen LogP contribution is 2.31. The molecule has 4 rings (SSSR count). The molecular formula is C25H27F3N4O4S. The number of ether oxygens (including phenoxy) is 2. The van der Waals surface area contributed by atoms with Crippen molar-refractivity contribution in [3.8, 4) is 17.6 Å². The second-order valence-corrected chi connectivity index (χ2v) is 10.1. The number of nitrogens with zero attached hydrogens (tertiary/aromatic N) is 1. The van der Waals surface area contributed by atoms with Crippen molar-refractivity contribution in [3.05, 3.63) is 48.2 Å². The number of hydrogen-bond donors (Lipinski definition) is 3. The van der Waals surface area contributed by atoms with E-state index in [0.717, 1.165) is 18.5 Å². The molecular weight excluding hydrogens is 509 g/mol. The number of benzene rings is 2. The van der Waals surface area contributed by atoms with Gasteiger partial charge in [-0.15, -0.1) is 0 Å². The lowest BCUT2D eigenvalue weighted by Gasteiger charge is -2.24. The molecule has 4 N–H and O–H groups in total. The van der Waals surface area contributed by atoms with Crippen LogP contribution in [0.4, 0.5) is 24.5 Å². The highest BCUT2D eigenvalue weighted by molar-refractivity contribution is 7.89. The predicted molar refractivity (Wildman–Crippen MR) is 135 cm³/mol. The molecule has 12 heteroatoms. The molecule has 1 fully saturated rings. The summed E-state index contributed by atoms with van der Waals surface area (Å²) < 4.78 is 75.2. The van der Waals surface area contributed by atoms with Crippen LogP contribution in [0.15, 0.2) is 47.4 Å². The van der Waals surface area contributed by atoms with Gasteiger partial charge in [0.25, 0.3) is 0 Å². The zero-order chi connectivity index (χ0) is 26.6. The van der Waals surface area contributed by atoms with E-state index in [4.69, 9.17) is 14.6 Å². The summed E-state index contributed by atoms with van der Waals surface area (Å²) in [7, 11) is -2.64. The van der Waals surface area contributed by atoms with Crippen molar-refractivity contribution in [3.63, 3.8) is 0 Å². The first-order valence-corrected chi connectivity index (χ1v) is 13.1. The van der Waals surface area contributed by atoms with Crippen molar-refractivity contribution in [2.45, 2.75) is 36.5 Å². The lowest BCUT2D eigenvalue weighted by molar-refractivity contribution is -0.140. The Bertz CT molecular complexity index is 1440. The molecule has 0 amide bonds. The molecule has 1 saturated heterocycles. The molecule has 3 aromatic rings. The van der Waals surface area contributed by atoms with E-state index in [9.17, 15) is 21.6 Å². The summed E-state index contributed by atoms with van der Waals surface area (Å²) in [5, 5.41) is 12.3. The zero-order valence-electron chi connectivity index (χ0n) is 20.1. The van der Waals surface area contributed by atoms with Gasteiger partial charge in [-0.05, 0) is 49.1 Å². The number of fused-ring (bicyclic) bond motifs is 1. The third-order valence-corrected chi connectivity index (χ3v) is 6.88. The molecule has 198 valence electrons. The van der Waals surface area contributed by atoms with Crippen molar-refractivity contribution in [1.82, 2.24) is 4.57 Å². The second-order valence-electron chi connectivity index (χ2n) is 8.57. The minimum atomic E-state index is -4.42. The zero-order valence-corrected chi connectivity index (χ0v) is 20.9. The van der Waals surface area contributed by atoms with Gasteiger partial charge in [0.05, 0.1) is 24.9 Å². The summed E-state index contributed by atoms with van der Waals surface area (Å²) >= 11 is 0. The van der Waals surface area contributed by atoms with Gasteiger partial charge in [-0.1, -0.05) is 12.0 Å². The lowest BCUT2D eigenvalue weighted by atomic mass is 10.1. The fourth-order valence-electron chi connectivity index (χ4n) is 4.22. The third-order valence-electron chi connectivity index (χ3n) is 5.93. The van der Waals surface area contributed by atoms with Crippen molar-refractivity contribution in [2.24, 2.45) is 5.14 Å². The number of alkyl halides is 3. The summed E-state index contributed by atoms with van der Waals surface area (Å²) in [6.45, 7) is 0.214. The Hall–Kier alpha value is -3.40. The SMILES string of the molecule is COc1cc(NCC#Cc2cc3c(NC4CCOCC4)cccc3n2CC(F)(F)F)ccc1S(N)(=O)=O. The Kier molecular flexibility index (Phi) is 7.87. The van der Waals surface area contributed by atoms with Crippen molar-refractivity contribution < 1.29 is 31.1 Å². The number of halogens is 3. The molecule has 1 aromatic heterocycles. The number of aromatic nitrogens is 1. The first kappa shape index (κ1) is 26.7. The van der Waals surface area contributed by atoms with Gasteiger partial charge in [-0.25, -0.2) is 13.6 Å². The molecule has 0 unspecified atom stereocenters. The van der Waals surface area contributed by atoms with E-state index in [1.54, 1.807) is 18.2 Å². The fraction of sp³-hybridized carbons (Fsp3) is 0.360. The number of rotatable bonds is 7. The molecule has 0 spiro atoms. The number of methoxy groups -OCH3 is 1. The van der Waals surface area contributed by atoms with Gasteiger partial charge in [0.15, 0.2) is 0 Å². The normalized spacial score (nSPS) is 14.7. The molecule has 0 aliphatic carbocycles. The standard InChI is InChI=1S/C25H27F3N4O4S/c1-35-23-14-18(7-8-24(23)37(29,33)34)30-11-3-4-19-15-20-21(31-17-9-12-36-13-10-17)5-2-6-22(20)32(19)16-25(26,27)28/h2,5-8,14-15,17,30-31H,9-13,16H2,1H3,(H2,29,33,34). The van der Waals surface area contributed by atoms with E-state index >= 15 is 0 Å². The van der Waals surface area contributed by atoms with E-state index < -0.39 is 22.7 Å². The van der Waals surface area contributed by atoms with Crippen LogP contribution in [-0.4, -0.2) is 52.1 Å². The van der Waals surface area contributed by atoms with Gasteiger partial charge in [0.1, 0.15) is 17.2 Å². The molecule has 2 heterocycles. The van der Waals surface area contributed by atoms with Gasteiger partial charge in [0, 0.05) is 42.1 Å². The summed E-state index contributed by atoms with van der Waals surface area (Å²) in [5.74, 6) is 5.76. The maximum absolute atomic E-state index is 13.4. The highest BCUT2D eigenvalue weighted by atomic mass is 32.2. The molecule has 8 nitrogen and oxygen atoms in total. The largest absolute Gasteiger partial charge is 0.495 e. The van der Waals surface area contributed by atoms with Crippen molar-refractivity contribution >= 4 is 32.3 Å². The van der Waals surface area contributed by atoms with Crippen LogP contribution in [0.2, 0.25) is 0 Å². The Morgan fingerprint density at radius 1 is 1.19 bits per heavy atom. The Balaban J connectivity index is 1.59. The molecule has 0 saturated carbocycles. The smallest absolute Gasteiger partial charge is 0.406 e. The maximum Gasteiger partial charge on any atom is 0.406 e. The van der Waals surface area contributed by atoms with Gasteiger partial charge < -0.3 is 24.7 Å². The maximum atomic E-state index is 13.4. The Labute approximate surface area is 213 Å². The number of anilines is 2. The average molecular weight is 537 g/mol. The molecule has 1 aliphatic rings. The van der Waals surface area contributed by atoms with Crippen LogP contribution in [0.1, 0.15) is 18.5 Å². The van der Waals surface area contributed by atoms with Crippen LogP contribution < -0.4 is 20.5 Å². The van der Waals surface area contributed by atoms with E-state index in [0.29, 0.717) is 29.8 Å². The lowest BCUT2D eigenvalue weighted by Crippen LogP contribution is -2.27. The number of sulfonamides is 1. The number of nitrogens with two attached hydrogens (primary N) is 1. The van der Waals surface area contributed by atoms with E-state index in [1.165, 1.54) is 29.9 Å². The van der Waals surface area contributed by atoms with Crippen LogP contribution in [0.3, 0.4) is 0 Å². The van der Waals surface area contributed by atoms with Crippen LogP contribution in [-0.2, 0) is 21.3 Å². The monoisotopic (exact) mass is 536 g/mol. The molecule has 1 aliphatic heterocycles. The molecule has 0 bridgehead atoms. The number of primary sulfonamides is 1. The minimum Gasteiger partial charge on any atom is -0.495 e. The van der Waals surface area contributed by atoms with Crippen LogP contribution in [0.25, 0.3) is 10.9 Å². The summed E-state index contributed by atoms with van der Waals surface area (Å²) in [6.07, 6.45) is -2.78. The summed E-state index contributed by atoms with van der Waals surface area (Å²) in [5.41, 5.74) is 1.94. The minimum absolute atomic E-state index is 0.0651. The van der Waals surface area contributed by atoms with Crippen LogP contribution in [0, 0.1) is 11.8 Å². The van der Waals surface area contributed by atoms with Gasteiger partial charge in [0.2, 0.25) is 10.0 Å². The van der Waals surface area contributed by atoms with E-state index in [2.05, 4.69) is 22.5 Å². The Morgan fingerprint density at radius 3 is 2.62 bits per heavy atom. The molecule has 0 radical (unpaired) electrons. The van der Waals surface area contributed by atoms with Crippen LogP contribution in [0.5, 0.6) is 5.75 Å². The molecule has 0 atom stereocenters. The third kappa shape index (κ3) is 6.68. The van der Waals surface area contributed by atoms with Gasteiger partial charge >= 0.3 is 6.18 Å². The van der Waals surface area contributed by atoms with Crippen molar-refractivity contribution in [2.75, 3.05) is 37.5 Å². The highest BCUT2D eigenvalue weighted by Gasteiger charge is 2.30. The second kappa shape index (κ2) is 10.9. The fourth-order valence-corrected chi connectivity index (χ4v) is 4.90.